The van der Waals surface area contributed by atoms with E-state index in [0.29, 0.717) is 6.04 Å². The molecule has 0 fully saturated rings. The van der Waals surface area contributed by atoms with Crippen molar-refractivity contribution in [3.8, 4) is 5.75 Å². The molecule has 0 saturated heterocycles. The van der Waals surface area contributed by atoms with Crippen LogP contribution in [0.15, 0.2) is 24.3 Å². The van der Waals surface area contributed by atoms with Crippen LogP contribution in [-0.2, 0) is 4.74 Å². The van der Waals surface area contributed by atoms with Crippen LogP contribution < -0.4 is 10.1 Å². The summed E-state index contributed by atoms with van der Waals surface area (Å²) in [6.07, 6.45) is 1.04. The van der Waals surface area contributed by atoms with Crippen molar-refractivity contribution in [2.24, 2.45) is 0 Å². The standard InChI is InChI=1S/C14H23NO2/c1-4-10-17-14-7-5-13(6-8-14)12(2)15-9-11-16-3/h5-8,12,15H,4,9-11H2,1-3H3/t12-/m0/s1. The molecule has 0 aliphatic carbocycles. The van der Waals surface area contributed by atoms with Crippen molar-refractivity contribution >= 4 is 0 Å². The molecular weight excluding hydrogens is 214 g/mol. The van der Waals surface area contributed by atoms with Gasteiger partial charge in [0.05, 0.1) is 13.2 Å². The van der Waals surface area contributed by atoms with E-state index < -0.39 is 0 Å². The van der Waals surface area contributed by atoms with E-state index in [1.807, 2.05) is 12.1 Å². The summed E-state index contributed by atoms with van der Waals surface area (Å²) in [6, 6.07) is 8.61. The lowest BCUT2D eigenvalue weighted by Gasteiger charge is -2.14. The van der Waals surface area contributed by atoms with Crippen LogP contribution in [0.5, 0.6) is 5.75 Å². The molecule has 0 unspecified atom stereocenters. The van der Waals surface area contributed by atoms with E-state index in [1.54, 1.807) is 7.11 Å². The van der Waals surface area contributed by atoms with Gasteiger partial charge in [-0.3, -0.25) is 0 Å². The summed E-state index contributed by atoms with van der Waals surface area (Å²) in [4.78, 5) is 0. The molecule has 0 saturated carbocycles. The Kier molecular flexibility index (Phi) is 6.67. The molecule has 1 aromatic carbocycles. The number of hydrogen-bond donors (Lipinski definition) is 1. The van der Waals surface area contributed by atoms with Crippen LogP contribution in [-0.4, -0.2) is 26.9 Å². The SMILES string of the molecule is CCCOc1ccc([C@H](C)NCCOC)cc1. The van der Waals surface area contributed by atoms with Crippen molar-refractivity contribution in [2.75, 3.05) is 26.9 Å². The van der Waals surface area contributed by atoms with Crippen molar-refractivity contribution in [3.63, 3.8) is 0 Å². The van der Waals surface area contributed by atoms with Gasteiger partial charge in [-0.25, -0.2) is 0 Å². The van der Waals surface area contributed by atoms with E-state index in [4.69, 9.17) is 9.47 Å². The molecule has 1 atom stereocenters. The van der Waals surface area contributed by atoms with E-state index in [1.165, 1.54) is 5.56 Å². The minimum absolute atomic E-state index is 0.338. The maximum atomic E-state index is 5.55. The van der Waals surface area contributed by atoms with Gasteiger partial charge in [0.15, 0.2) is 0 Å². The van der Waals surface area contributed by atoms with Crippen LogP contribution in [0.3, 0.4) is 0 Å². The van der Waals surface area contributed by atoms with Gasteiger partial charge in [0.25, 0.3) is 0 Å². The Bertz CT molecular complexity index is 298. The van der Waals surface area contributed by atoms with Crippen molar-refractivity contribution in [1.82, 2.24) is 5.32 Å². The van der Waals surface area contributed by atoms with Crippen LogP contribution >= 0.6 is 0 Å². The Morgan fingerprint density at radius 2 is 1.88 bits per heavy atom. The van der Waals surface area contributed by atoms with Gasteiger partial charge >= 0.3 is 0 Å². The third-order valence-corrected chi connectivity index (χ3v) is 2.61. The number of benzene rings is 1. The van der Waals surface area contributed by atoms with Crippen molar-refractivity contribution < 1.29 is 9.47 Å². The highest BCUT2D eigenvalue weighted by molar-refractivity contribution is 5.28. The van der Waals surface area contributed by atoms with Gasteiger partial charge < -0.3 is 14.8 Å². The fraction of sp³-hybridized carbons (Fsp3) is 0.571. The lowest BCUT2D eigenvalue weighted by molar-refractivity contribution is 0.196. The van der Waals surface area contributed by atoms with Crippen LogP contribution in [0, 0.1) is 0 Å². The summed E-state index contributed by atoms with van der Waals surface area (Å²) in [6.45, 7) is 6.64. The lowest BCUT2D eigenvalue weighted by atomic mass is 10.1. The van der Waals surface area contributed by atoms with E-state index in [0.717, 1.165) is 31.9 Å². The molecule has 1 N–H and O–H groups in total. The monoisotopic (exact) mass is 237 g/mol. The second-order valence-electron chi connectivity index (χ2n) is 4.09. The lowest BCUT2D eigenvalue weighted by Crippen LogP contribution is -2.22. The average Bonchev–Trinajstić information content (AvgIpc) is 2.37. The summed E-state index contributed by atoms with van der Waals surface area (Å²) in [7, 11) is 1.71. The maximum absolute atomic E-state index is 5.55. The fourth-order valence-electron chi connectivity index (χ4n) is 1.57. The molecule has 0 aliphatic heterocycles. The molecule has 0 spiro atoms. The quantitative estimate of drug-likeness (QED) is 0.705. The van der Waals surface area contributed by atoms with Crippen LogP contribution in [0.4, 0.5) is 0 Å². The molecule has 3 heteroatoms. The van der Waals surface area contributed by atoms with E-state index in [9.17, 15) is 0 Å². The molecule has 0 amide bonds. The van der Waals surface area contributed by atoms with Gasteiger partial charge in [0.1, 0.15) is 5.75 Å². The van der Waals surface area contributed by atoms with Crippen molar-refractivity contribution in [3.05, 3.63) is 29.8 Å². The highest BCUT2D eigenvalue weighted by atomic mass is 16.5. The molecule has 0 heterocycles. The molecule has 0 aromatic heterocycles. The third-order valence-electron chi connectivity index (χ3n) is 2.61. The zero-order valence-corrected chi connectivity index (χ0v) is 11.0. The van der Waals surface area contributed by atoms with E-state index in [2.05, 4.69) is 31.3 Å². The van der Waals surface area contributed by atoms with Crippen molar-refractivity contribution in [2.45, 2.75) is 26.3 Å². The van der Waals surface area contributed by atoms with Crippen molar-refractivity contribution in [1.29, 1.82) is 0 Å². The Balaban J connectivity index is 2.43. The minimum Gasteiger partial charge on any atom is -0.494 e. The van der Waals surface area contributed by atoms with Crippen LogP contribution in [0.2, 0.25) is 0 Å². The van der Waals surface area contributed by atoms with Gasteiger partial charge in [-0.1, -0.05) is 19.1 Å². The second kappa shape index (κ2) is 8.09. The Morgan fingerprint density at radius 3 is 2.47 bits per heavy atom. The normalized spacial score (nSPS) is 12.4. The summed E-state index contributed by atoms with van der Waals surface area (Å²) >= 11 is 0. The molecule has 3 nitrogen and oxygen atoms in total. The summed E-state index contributed by atoms with van der Waals surface area (Å²) in [5.41, 5.74) is 1.27. The number of hydrogen-bond acceptors (Lipinski definition) is 3. The first kappa shape index (κ1) is 14.0. The first-order valence-electron chi connectivity index (χ1n) is 6.23. The maximum Gasteiger partial charge on any atom is 0.119 e. The predicted octanol–water partition coefficient (Wildman–Crippen LogP) is 2.77. The summed E-state index contributed by atoms with van der Waals surface area (Å²) in [5, 5.41) is 3.40. The number of rotatable bonds is 8. The first-order chi connectivity index (χ1) is 8.27. The Morgan fingerprint density at radius 1 is 1.18 bits per heavy atom. The zero-order valence-electron chi connectivity index (χ0n) is 11.0. The van der Waals surface area contributed by atoms with E-state index in [-0.39, 0.29) is 0 Å². The molecule has 96 valence electrons. The molecule has 1 aromatic rings. The van der Waals surface area contributed by atoms with Gasteiger partial charge in [0, 0.05) is 19.7 Å². The highest BCUT2D eigenvalue weighted by Gasteiger charge is 2.04. The largest absolute Gasteiger partial charge is 0.494 e. The smallest absolute Gasteiger partial charge is 0.119 e. The topological polar surface area (TPSA) is 30.5 Å². The second-order valence-corrected chi connectivity index (χ2v) is 4.09. The molecule has 1 rings (SSSR count). The van der Waals surface area contributed by atoms with Gasteiger partial charge in [-0.15, -0.1) is 0 Å². The Labute approximate surface area is 104 Å². The zero-order chi connectivity index (χ0) is 12.5. The minimum atomic E-state index is 0.338. The molecule has 0 bridgehead atoms. The van der Waals surface area contributed by atoms with Gasteiger partial charge in [-0.2, -0.15) is 0 Å². The molecular formula is C14H23NO2. The summed E-state index contributed by atoms with van der Waals surface area (Å²) < 4.78 is 10.6. The Hall–Kier alpha value is -1.06. The van der Waals surface area contributed by atoms with Crippen LogP contribution in [0.25, 0.3) is 0 Å². The number of ether oxygens (including phenoxy) is 2. The molecule has 17 heavy (non-hydrogen) atoms. The molecule has 0 radical (unpaired) electrons. The predicted molar refractivity (Wildman–Crippen MR) is 70.5 cm³/mol. The van der Waals surface area contributed by atoms with Gasteiger partial charge in [-0.05, 0) is 31.0 Å². The fourth-order valence-corrected chi connectivity index (χ4v) is 1.57. The number of methoxy groups -OCH3 is 1. The highest BCUT2D eigenvalue weighted by Crippen LogP contribution is 2.17. The van der Waals surface area contributed by atoms with E-state index >= 15 is 0 Å². The average molecular weight is 237 g/mol. The molecule has 0 aliphatic rings. The van der Waals surface area contributed by atoms with Gasteiger partial charge in [0.2, 0.25) is 0 Å². The summed E-state index contributed by atoms with van der Waals surface area (Å²) in [5.74, 6) is 0.944. The number of nitrogens with one attached hydrogen (secondary N) is 1. The third kappa shape index (κ3) is 5.20. The van der Waals surface area contributed by atoms with Crippen LogP contribution in [0.1, 0.15) is 31.9 Å². The first-order valence-corrected chi connectivity index (χ1v) is 6.23.